The maximum atomic E-state index is 12.1. The van der Waals surface area contributed by atoms with Gasteiger partial charge in [-0.15, -0.1) is 5.10 Å². The number of aryl methyl sites for hydroxylation is 1. The summed E-state index contributed by atoms with van der Waals surface area (Å²) in [7, 11) is 0. The van der Waals surface area contributed by atoms with Crippen LogP contribution >= 0.6 is 0 Å². The lowest BCUT2D eigenvalue weighted by Crippen LogP contribution is -2.10. The fraction of sp³-hybridized carbons (Fsp3) is 0.600. The maximum Gasteiger partial charge on any atom is 0.305 e. The second-order valence-corrected chi connectivity index (χ2v) is 2.20. The highest BCUT2D eigenvalue weighted by molar-refractivity contribution is 5.66. The van der Waals surface area contributed by atoms with E-state index in [4.69, 9.17) is 5.11 Å². The van der Waals surface area contributed by atoms with E-state index in [-0.39, 0.29) is 13.0 Å². The predicted octanol–water partition coefficient (Wildman–Crippen LogP) is 0.0854. The molecular formula is C5H6F2N4O2. The third kappa shape index (κ3) is 2.42. The van der Waals surface area contributed by atoms with Crippen LogP contribution in [0.4, 0.5) is 8.78 Å². The van der Waals surface area contributed by atoms with Gasteiger partial charge in [-0.2, -0.15) is 0 Å². The zero-order valence-corrected chi connectivity index (χ0v) is 6.39. The smallest absolute Gasteiger partial charge is 0.305 e. The molecule has 72 valence electrons. The third-order valence-corrected chi connectivity index (χ3v) is 1.29. The Balaban J connectivity index is 2.65. The topological polar surface area (TPSA) is 80.9 Å². The highest BCUT2D eigenvalue weighted by atomic mass is 19.3. The highest BCUT2D eigenvalue weighted by Crippen LogP contribution is 2.14. The van der Waals surface area contributed by atoms with Crippen LogP contribution in [0, 0.1) is 0 Å². The normalized spacial score (nSPS) is 10.7. The van der Waals surface area contributed by atoms with E-state index in [1.165, 1.54) is 0 Å². The van der Waals surface area contributed by atoms with Gasteiger partial charge in [-0.3, -0.25) is 4.79 Å². The number of hydrogen-bond acceptors (Lipinski definition) is 4. The first kappa shape index (κ1) is 9.49. The number of rotatable bonds is 4. The molecule has 0 spiro atoms. The molecule has 0 unspecified atom stereocenters. The van der Waals surface area contributed by atoms with E-state index in [1.807, 2.05) is 0 Å². The summed E-state index contributed by atoms with van der Waals surface area (Å²) in [6, 6.07) is 0. The number of halogens is 2. The summed E-state index contributed by atoms with van der Waals surface area (Å²) in [5.41, 5.74) is 0. The van der Waals surface area contributed by atoms with Crippen LogP contribution < -0.4 is 0 Å². The molecule has 8 heteroatoms. The Morgan fingerprint density at radius 3 is 2.85 bits per heavy atom. The lowest BCUT2D eigenvalue weighted by Gasteiger charge is -2.00. The van der Waals surface area contributed by atoms with Gasteiger partial charge in [0, 0.05) is 0 Å². The van der Waals surface area contributed by atoms with Crippen molar-refractivity contribution in [3.63, 3.8) is 0 Å². The molecule has 0 bridgehead atoms. The molecule has 0 aliphatic heterocycles. The summed E-state index contributed by atoms with van der Waals surface area (Å²) >= 11 is 0. The van der Waals surface area contributed by atoms with Crippen molar-refractivity contribution in [2.24, 2.45) is 0 Å². The zero-order valence-electron chi connectivity index (χ0n) is 6.39. The van der Waals surface area contributed by atoms with E-state index in [1.54, 1.807) is 0 Å². The first-order chi connectivity index (χ1) is 6.11. The van der Waals surface area contributed by atoms with Crippen molar-refractivity contribution < 1.29 is 18.7 Å². The predicted molar refractivity (Wildman–Crippen MR) is 35.0 cm³/mol. The molecule has 1 aromatic rings. The SMILES string of the molecule is O=C(O)CCn1nnnc1C(F)F. The number of carboxylic acid groups (broad SMARTS) is 1. The molecule has 1 aromatic heterocycles. The monoisotopic (exact) mass is 192 g/mol. The number of hydrogen-bond donors (Lipinski definition) is 1. The van der Waals surface area contributed by atoms with E-state index in [9.17, 15) is 13.6 Å². The first-order valence-electron chi connectivity index (χ1n) is 3.37. The van der Waals surface area contributed by atoms with Gasteiger partial charge in [0.25, 0.3) is 6.43 Å². The van der Waals surface area contributed by atoms with E-state index >= 15 is 0 Å². The third-order valence-electron chi connectivity index (χ3n) is 1.29. The van der Waals surface area contributed by atoms with Gasteiger partial charge in [-0.1, -0.05) is 0 Å². The standard InChI is InChI=1S/C5H6F2N4O2/c6-4(7)5-8-9-10-11(5)2-1-3(12)13/h4H,1-2H2,(H,12,13). The van der Waals surface area contributed by atoms with Gasteiger partial charge < -0.3 is 5.11 Å². The number of aliphatic carboxylic acids is 1. The number of tetrazole rings is 1. The Hall–Kier alpha value is -1.60. The summed E-state index contributed by atoms with van der Waals surface area (Å²) in [5.74, 6) is -1.70. The molecule has 0 saturated carbocycles. The summed E-state index contributed by atoms with van der Waals surface area (Å²) in [6.45, 7) is -0.151. The fourth-order valence-corrected chi connectivity index (χ4v) is 0.729. The number of alkyl halides is 2. The lowest BCUT2D eigenvalue weighted by atomic mass is 10.4. The Bertz CT molecular complexity index is 300. The summed E-state index contributed by atoms with van der Waals surface area (Å²) in [6.07, 6.45) is -3.08. The minimum Gasteiger partial charge on any atom is -0.481 e. The minimum absolute atomic E-state index is 0.151. The first-order valence-corrected chi connectivity index (χ1v) is 3.37. The van der Waals surface area contributed by atoms with Crippen LogP contribution in [0.25, 0.3) is 0 Å². The van der Waals surface area contributed by atoms with Gasteiger partial charge >= 0.3 is 5.97 Å². The zero-order chi connectivity index (χ0) is 9.84. The molecule has 1 heterocycles. The van der Waals surface area contributed by atoms with Gasteiger partial charge in [0.2, 0.25) is 5.82 Å². The summed E-state index contributed by atoms with van der Waals surface area (Å²) in [5, 5.41) is 17.6. The Morgan fingerprint density at radius 2 is 2.31 bits per heavy atom. The highest BCUT2D eigenvalue weighted by Gasteiger charge is 2.16. The second-order valence-electron chi connectivity index (χ2n) is 2.20. The molecule has 0 radical (unpaired) electrons. The molecule has 1 rings (SSSR count). The van der Waals surface area contributed by atoms with Gasteiger partial charge in [0.05, 0.1) is 13.0 Å². The van der Waals surface area contributed by atoms with Gasteiger partial charge in [0.1, 0.15) is 0 Å². The maximum absolute atomic E-state index is 12.1. The quantitative estimate of drug-likeness (QED) is 0.730. The van der Waals surface area contributed by atoms with Crippen LogP contribution in [0.3, 0.4) is 0 Å². The molecule has 1 N–H and O–H groups in total. The Kier molecular flexibility index (Phi) is 2.83. The Labute approximate surface area is 71.2 Å². The van der Waals surface area contributed by atoms with Gasteiger partial charge in [-0.25, -0.2) is 13.5 Å². The van der Waals surface area contributed by atoms with Crippen molar-refractivity contribution in [3.05, 3.63) is 5.82 Å². The molecule has 6 nitrogen and oxygen atoms in total. The lowest BCUT2D eigenvalue weighted by molar-refractivity contribution is -0.137. The molecule has 0 saturated heterocycles. The fourth-order valence-electron chi connectivity index (χ4n) is 0.729. The number of carboxylic acids is 1. The average Bonchev–Trinajstić information content (AvgIpc) is 2.47. The molecule has 0 atom stereocenters. The molecule has 0 amide bonds. The van der Waals surface area contributed by atoms with Crippen LogP contribution in [0.2, 0.25) is 0 Å². The van der Waals surface area contributed by atoms with Gasteiger partial charge in [0.15, 0.2) is 0 Å². The van der Waals surface area contributed by atoms with Gasteiger partial charge in [-0.05, 0) is 10.4 Å². The second kappa shape index (κ2) is 3.87. The van der Waals surface area contributed by atoms with E-state index in [0.29, 0.717) is 0 Å². The van der Waals surface area contributed by atoms with Crippen molar-refractivity contribution in [2.45, 2.75) is 19.4 Å². The average molecular weight is 192 g/mol. The van der Waals surface area contributed by atoms with Crippen molar-refractivity contribution in [2.75, 3.05) is 0 Å². The molecular weight excluding hydrogens is 186 g/mol. The van der Waals surface area contributed by atoms with E-state index in [0.717, 1.165) is 4.68 Å². The largest absolute Gasteiger partial charge is 0.481 e. The molecule has 0 aliphatic rings. The van der Waals surface area contributed by atoms with Crippen molar-refractivity contribution in [1.82, 2.24) is 20.2 Å². The van der Waals surface area contributed by atoms with E-state index in [2.05, 4.69) is 15.5 Å². The number of carbonyl (C=O) groups is 1. The van der Waals surface area contributed by atoms with Crippen LogP contribution in [-0.4, -0.2) is 31.3 Å². The van der Waals surface area contributed by atoms with Crippen LogP contribution in [0.1, 0.15) is 18.7 Å². The number of aromatic nitrogens is 4. The molecule has 0 aromatic carbocycles. The van der Waals surface area contributed by atoms with Crippen molar-refractivity contribution >= 4 is 5.97 Å². The minimum atomic E-state index is -2.79. The van der Waals surface area contributed by atoms with Crippen LogP contribution in [0.15, 0.2) is 0 Å². The van der Waals surface area contributed by atoms with Crippen LogP contribution in [-0.2, 0) is 11.3 Å². The molecule has 0 aliphatic carbocycles. The number of nitrogens with zero attached hydrogens (tertiary/aromatic N) is 4. The van der Waals surface area contributed by atoms with E-state index < -0.39 is 18.2 Å². The molecule has 13 heavy (non-hydrogen) atoms. The molecule has 0 fully saturated rings. The van der Waals surface area contributed by atoms with Crippen molar-refractivity contribution in [3.8, 4) is 0 Å². The van der Waals surface area contributed by atoms with Crippen molar-refractivity contribution in [1.29, 1.82) is 0 Å². The summed E-state index contributed by atoms with van der Waals surface area (Å²) in [4.78, 5) is 10.1. The Morgan fingerprint density at radius 1 is 1.62 bits per heavy atom. The van der Waals surface area contributed by atoms with Crippen LogP contribution in [0.5, 0.6) is 0 Å². The summed E-state index contributed by atoms with van der Waals surface area (Å²) < 4.78 is 24.9.